The molecule has 150 valence electrons. The number of rotatable bonds is 12. The van der Waals surface area contributed by atoms with Gasteiger partial charge in [0.15, 0.2) is 6.29 Å². The van der Waals surface area contributed by atoms with E-state index in [0.29, 0.717) is 0 Å². The van der Waals surface area contributed by atoms with Gasteiger partial charge in [-0.15, -0.1) is 0 Å². The summed E-state index contributed by atoms with van der Waals surface area (Å²) in [5.41, 5.74) is 1.91. The van der Waals surface area contributed by atoms with Crippen molar-refractivity contribution in [1.29, 1.82) is 0 Å². The molecule has 0 heterocycles. The molecule has 0 fully saturated rings. The number of ketones is 2. The van der Waals surface area contributed by atoms with Gasteiger partial charge in [-0.05, 0) is 31.4 Å². The SMILES string of the molecule is CC(=O)C(C[C@H](F)CC(OCc1ccccc1)OCc1ccccc1)C(C)=O. The van der Waals surface area contributed by atoms with E-state index in [0.717, 1.165) is 11.1 Å². The Kier molecular flexibility index (Phi) is 8.98. The van der Waals surface area contributed by atoms with Crippen molar-refractivity contribution in [1.82, 2.24) is 0 Å². The summed E-state index contributed by atoms with van der Waals surface area (Å²) in [5.74, 6) is -1.55. The molecule has 5 heteroatoms. The first-order valence-electron chi connectivity index (χ1n) is 9.41. The molecular weight excluding hydrogens is 359 g/mol. The Morgan fingerprint density at radius 2 is 1.21 bits per heavy atom. The number of hydrogen-bond donors (Lipinski definition) is 0. The molecule has 2 aromatic carbocycles. The van der Waals surface area contributed by atoms with Crippen molar-refractivity contribution in [3.05, 3.63) is 71.8 Å². The van der Waals surface area contributed by atoms with E-state index >= 15 is 0 Å². The van der Waals surface area contributed by atoms with Crippen molar-refractivity contribution in [2.75, 3.05) is 0 Å². The molecule has 1 atom stereocenters. The number of carbonyl (C=O) groups is 2. The molecule has 0 aliphatic rings. The van der Waals surface area contributed by atoms with Crippen molar-refractivity contribution in [2.45, 2.75) is 52.4 Å². The van der Waals surface area contributed by atoms with Crippen LogP contribution in [0.5, 0.6) is 0 Å². The zero-order chi connectivity index (χ0) is 20.4. The van der Waals surface area contributed by atoms with Crippen LogP contribution in [0.25, 0.3) is 0 Å². The van der Waals surface area contributed by atoms with E-state index in [2.05, 4.69) is 0 Å². The van der Waals surface area contributed by atoms with Gasteiger partial charge in [0.05, 0.1) is 19.1 Å². The standard InChI is InChI=1S/C23H27FO4/c1-17(25)22(18(2)26)13-21(24)14-23(27-15-19-9-5-3-6-10-19)28-16-20-11-7-4-8-12-20/h3-12,21-23H,13-16H2,1-2H3/t21-/m0/s1. The lowest BCUT2D eigenvalue weighted by atomic mass is 9.93. The molecule has 0 saturated carbocycles. The maximum absolute atomic E-state index is 14.6. The van der Waals surface area contributed by atoms with Crippen LogP contribution in [0.1, 0.15) is 37.8 Å². The Labute approximate surface area is 165 Å². The Morgan fingerprint density at radius 3 is 1.61 bits per heavy atom. The van der Waals surface area contributed by atoms with Gasteiger partial charge in [0.2, 0.25) is 0 Å². The van der Waals surface area contributed by atoms with Crippen LogP contribution >= 0.6 is 0 Å². The van der Waals surface area contributed by atoms with Crippen LogP contribution < -0.4 is 0 Å². The van der Waals surface area contributed by atoms with Crippen LogP contribution in [-0.2, 0) is 32.3 Å². The van der Waals surface area contributed by atoms with Crippen molar-refractivity contribution >= 4 is 11.6 Å². The maximum atomic E-state index is 14.6. The maximum Gasteiger partial charge on any atom is 0.161 e. The summed E-state index contributed by atoms with van der Waals surface area (Å²) in [5, 5.41) is 0. The first kappa shape index (κ1) is 21.9. The van der Waals surface area contributed by atoms with Gasteiger partial charge in [-0.2, -0.15) is 0 Å². The highest BCUT2D eigenvalue weighted by Gasteiger charge is 2.26. The lowest BCUT2D eigenvalue weighted by Gasteiger charge is -2.22. The molecule has 0 radical (unpaired) electrons. The molecule has 0 aromatic heterocycles. The average Bonchev–Trinajstić information content (AvgIpc) is 2.69. The third-order valence-corrected chi connectivity index (χ3v) is 4.48. The summed E-state index contributed by atoms with van der Waals surface area (Å²) in [7, 11) is 0. The van der Waals surface area contributed by atoms with Gasteiger partial charge < -0.3 is 9.47 Å². The van der Waals surface area contributed by atoms with Gasteiger partial charge >= 0.3 is 0 Å². The second-order valence-corrected chi connectivity index (χ2v) is 6.87. The van der Waals surface area contributed by atoms with E-state index in [1.54, 1.807) is 0 Å². The molecule has 0 aliphatic carbocycles. The number of ether oxygens (including phenoxy) is 2. The Bertz CT molecular complexity index is 675. The first-order chi connectivity index (χ1) is 13.5. The van der Waals surface area contributed by atoms with E-state index in [1.165, 1.54) is 13.8 Å². The third-order valence-electron chi connectivity index (χ3n) is 4.48. The Hall–Kier alpha value is -2.37. The highest BCUT2D eigenvalue weighted by atomic mass is 19.1. The minimum atomic E-state index is -1.38. The van der Waals surface area contributed by atoms with Crippen molar-refractivity contribution in [3.8, 4) is 0 Å². The molecule has 0 saturated heterocycles. The summed E-state index contributed by atoms with van der Waals surface area (Å²) in [6, 6.07) is 19.1. The van der Waals surface area contributed by atoms with E-state index < -0.39 is 18.4 Å². The molecule has 0 aliphatic heterocycles. The van der Waals surface area contributed by atoms with E-state index in [1.807, 2.05) is 60.7 Å². The molecule has 2 rings (SSSR count). The molecule has 0 unspecified atom stereocenters. The summed E-state index contributed by atoms with van der Waals surface area (Å²) in [6.45, 7) is 3.20. The van der Waals surface area contributed by atoms with Crippen LogP contribution in [0.2, 0.25) is 0 Å². The molecule has 0 spiro atoms. The zero-order valence-electron chi connectivity index (χ0n) is 16.3. The second-order valence-electron chi connectivity index (χ2n) is 6.87. The number of halogens is 1. The molecule has 0 bridgehead atoms. The van der Waals surface area contributed by atoms with Crippen LogP contribution in [0.15, 0.2) is 60.7 Å². The molecule has 4 nitrogen and oxygen atoms in total. The van der Waals surface area contributed by atoms with Crippen molar-refractivity contribution < 1.29 is 23.5 Å². The quantitative estimate of drug-likeness (QED) is 0.393. The summed E-state index contributed by atoms with van der Waals surface area (Å²) >= 11 is 0. The summed E-state index contributed by atoms with van der Waals surface area (Å²) in [6.07, 6.45) is -2.36. The first-order valence-corrected chi connectivity index (χ1v) is 9.41. The van der Waals surface area contributed by atoms with Gasteiger partial charge in [-0.1, -0.05) is 60.7 Å². The van der Waals surface area contributed by atoms with Gasteiger partial charge in [0.25, 0.3) is 0 Å². The van der Waals surface area contributed by atoms with Gasteiger partial charge in [-0.25, -0.2) is 4.39 Å². The normalized spacial score (nSPS) is 12.3. The zero-order valence-corrected chi connectivity index (χ0v) is 16.3. The number of carbonyl (C=O) groups excluding carboxylic acids is 2. The third kappa shape index (κ3) is 7.71. The van der Waals surface area contributed by atoms with Gasteiger partial charge in [0, 0.05) is 6.42 Å². The van der Waals surface area contributed by atoms with Crippen LogP contribution in [0.4, 0.5) is 4.39 Å². The molecule has 28 heavy (non-hydrogen) atoms. The fourth-order valence-electron chi connectivity index (χ4n) is 2.89. The lowest BCUT2D eigenvalue weighted by molar-refractivity contribution is -0.168. The van der Waals surface area contributed by atoms with Crippen LogP contribution in [0.3, 0.4) is 0 Å². The number of hydrogen-bond acceptors (Lipinski definition) is 4. The molecule has 0 N–H and O–H groups in total. The fourth-order valence-corrected chi connectivity index (χ4v) is 2.89. The number of benzene rings is 2. The highest BCUT2D eigenvalue weighted by Crippen LogP contribution is 2.20. The van der Waals surface area contributed by atoms with Crippen molar-refractivity contribution in [3.63, 3.8) is 0 Å². The fraction of sp³-hybridized carbons (Fsp3) is 0.391. The van der Waals surface area contributed by atoms with Crippen LogP contribution in [0, 0.1) is 5.92 Å². The van der Waals surface area contributed by atoms with Crippen LogP contribution in [-0.4, -0.2) is 24.0 Å². The highest BCUT2D eigenvalue weighted by molar-refractivity contribution is 6.00. The monoisotopic (exact) mass is 386 g/mol. The predicted octanol–water partition coefficient (Wildman–Crippen LogP) is 4.66. The Balaban J connectivity index is 1.97. The van der Waals surface area contributed by atoms with Crippen molar-refractivity contribution in [2.24, 2.45) is 5.92 Å². The average molecular weight is 386 g/mol. The smallest absolute Gasteiger partial charge is 0.161 e. The topological polar surface area (TPSA) is 52.6 Å². The van der Waals surface area contributed by atoms with E-state index in [9.17, 15) is 14.0 Å². The number of alkyl halides is 1. The minimum Gasteiger partial charge on any atom is -0.348 e. The predicted molar refractivity (Wildman–Crippen MR) is 105 cm³/mol. The van der Waals surface area contributed by atoms with E-state index in [-0.39, 0.29) is 37.6 Å². The molecule has 0 amide bonds. The van der Waals surface area contributed by atoms with Gasteiger partial charge in [0.1, 0.15) is 17.7 Å². The molecular formula is C23H27FO4. The molecule has 2 aromatic rings. The Morgan fingerprint density at radius 1 is 0.786 bits per heavy atom. The summed E-state index contributed by atoms with van der Waals surface area (Å²) < 4.78 is 26.2. The second kappa shape index (κ2) is 11.5. The number of Topliss-reactive ketones (excluding diaryl/α,β-unsaturated/α-hetero) is 2. The lowest BCUT2D eigenvalue weighted by Crippen LogP contribution is -2.27. The van der Waals surface area contributed by atoms with Gasteiger partial charge in [-0.3, -0.25) is 9.59 Å². The van der Waals surface area contributed by atoms with E-state index in [4.69, 9.17) is 9.47 Å². The largest absolute Gasteiger partial charge is 0.348 e. The summed E-state index contributed by atoms with van der Waals surface area (Å²) in [4.78, 5) is 23.2. The minimum absolute atomic E-state index is 0.0449.